The summed E-state index contributed by atoms with van der Waals surface area (Å²) in [4.78, 5) is 38.5. The maximum Gasteiger partial charge on any atom is 2.00 e. The minimum Gasteiger partial charge on any atom is -0.547 e. The molecule has 23 heavy (non-hydrogen) atoms. The zero-order chi connectivity index (χ0) is 16.6. The van der Waals surface area contributed by atoms with E-state index in [1.54, 1.807) is 0 Å². The van der Waals surface area contributed by atoms with Crippen molar-refractivity contribution >= 4 is 23.9 Å². The Morgan fingerprint density at radius 1 is 0.522 bits per heavy atom. The predicted octanol–water partition coefficient (Wildman–Crippen LogP) is -8.83. The van der Waals surface area contributed by atoms with Crippen LogP contribution in [0, 0.1) is 0 Å². The number of quaternary nitrogens is 2. The Bertz CT molecular complexity index is 319. The molecule has 0 heterocycles. The molecule has 0 amide bonds. The molecule has 0 aromatic carbocycles. The minimum absolute atomic E-state index is 0. The van der Waals surface area contributed by atoms with Gasteiger partial charge < -0.3 is 72.3 Å². The molecule has 15 heteroatoms. The third kappa shape index (κ3) is 13.5. The number of hydrogen-bond donors (Lipinski definition) is 6. The third-order valence-electron chi connectivity index (χ3n) is 1.56. The number of carboxylic acids is 4. The Morgan fingerprint density at radius 3 is 0.652 bits per heavy atom. The van der Waals surface area contributed by atoms with Crippen LogP contribution in [0.5, 0.6) is 0 Å². The van der Waals surface area contributed by atoms with E-state index >= 15 is 0 Å². The van der Waals surface area contributed by atoms with E-state index < -0.39 is 48.3 Å². The molecule has 0 fully saturated rings. The van der Waals surface area contributed by atoms with Gasteiger partial charge in [-0.1, -0.05) is 0 Å². The summed E-state index contributed by atoms with van der Waals surface area (Å²) < 4.78 is 0. The monoisotopic (exact) mass is 388 g/mol. The maximum atomic E-state index is 9.63. The SMILES string of the molecule is O=C([O-])[C@H](O)[C@@H](O)C(=O)[O-].O=C([O-])[C@H](O)[C@@H](O)C(=O)[O-].[Fe+2].[NH4+].[NH4+]. The molecule has 0 radical (unpaired) electrons. The van der Waals surface area contributed by atoms with E-state index in [9.17, 15) is 39.6 Å². The summed E-state index contributed by atoms with van der Waals surface area (Å²) in [6.45, 7) is 0. The summed E-state index contributed by atoms with van der Waals surface area (Å²) in [5, 5.41) is 71.5. The van der Waals surface area contributed by atoms with Crippen LogP contribution in [0.3, 0.4) is 0 Å². The number of aliphatic hydroxyl groups is 4. The number of aliphatic carboxylic acids is 4. The first-order valence-corrected chi connectivity index (χ1v) is 4.49. The van der Waals surface area contributed by atoms with Gasteiger partial charge in [0.1, 0.15) is 24.4 Å². The van der Waals surface area contributed by atoms with E-state index in [1.807, 2.05) is 0 Å². The van der Waals surface area contributed by atoms with E-state index in [-0.39, 0.29) is 29.4 Å². The molecule has 0 aromatic heterocycles. The van der Waals surface area contributed by atoms with Gasteiger partial charge in [0.15, 0.2) is 0 Å². The number of carboxylic acid groups (broad SMARTS) is 4. The summed E-state index contributed by atoms with van der Waals surface area (Å²) >= 11 is 0. The average molecular weight is 388 g/mol. The van der Waals surface area contributed by atoms with Crippen LogP contribution in [-0.4, -0.2) is 68.7 Å². The summed E-state index contributed by atoms with van der Waals surface area (Å²) in [6, 6.07) is 0. The number of aliphatic hydroxyl groups excluding tert-OH is 4. The molecule has 138 valence electrons. The quantitative estimate of drug-likeness (QED) is 0.231. The van der Waals surface area contributed by atoms with Crippen LogP contribution in [0.2, 0.25) is 0 Å². The molecule has 12 N–H and O–H groups in total. The standard InChI is InChI=1S/2C4H6O6.Fe.2H3N/c2*5-1(3(7)8)2(6)4(9)10;;;/h2*1-2,5-6H,(H,7,8)(H,9,10);;2*1H3/q;;+2;;/p-2/t2*1-,2-;;;/m11.../s1. The molecule has 0 saturated carbocycles. The smallest absolute Gasteiger partial charge is 0.547 e. The summed E-state index contributed by atoms with van der Waals surface area (Å²) in [5.74, 6) is -8.23. The largest absolute Gasteiger partial charge is 2.00 e. The van der Waals surface area contributed by atoms with E-state index in [4.69, 9.17) is 20.4 Å². The zero-order valence-corrected chi connectivity index (χ0v) is 12.8. The van der Waals surface area contributed by atoms with Crippen molar-refractivity contribution in [1.82, 2.24) is 12.3 Å². The molecule has 0 aromatic rings. The van der Waals surface area contributed by atoms with Gasteiger partial charge in [-0.25, -0.2) is 0 Å². The van der Waals surface area contributed by atoms with E-state index in [0.29, 0.717) is 0 Å². The van der Waals surface area contributed by atoms with Gasteiger partial charge in [-0.2, -0.15) is 0 Å². The predicted molar refractivity (Wildman–Crippen MR) is 56.0 cm³/mol. The van der Waals surface area contributed by atoms with Gasteiger partial charge in [0.2, 0.25) is 0 Å². The molecule has 0 aliphatic carbocycles. The molecule has 4 atom stereocenters. The molecule has 0 bridgehead atoms. The van der Waals surface area contributed by atoms with Gasteiger partial charge in [-0.05, 0) is 0 Å². The van der Waals surface area contributed by atoms with Crippen molar-refractivity contribution in [1.29, 1.82) is 0 Å². The minimum atomic E-state index is -2.44. The Labute approximate surface area is 138 Å². The van der Waals surface area contributed by atoms with Gasteiger partial charge in [-0.3, -0.25) is 0 Å². The molecule has 0 rings (SSSR count). The first kappa shape index (κ1) is 32.9. The van der Waals surface area contributed by atoms with Crippen LogP contribution in [0.15, 0.2) is 0 Å². The number of rotatable bonds is 6. The Morgan fingerprint density at radius 2 is 0.609 bits per heavy atom. The van der Waals surface area contributed by atoms with Crippen LogP contribution in [-0.2, 0) is 36.2 Å². The number of carbonyl (C=O) groups is 4. The van der Waals surface area contributed by atoms with Crippen molar-refractivity contribution in [3.8, 4) is 0 Å². The Kier molecular flexibility index (Phi) is 21.6. The Balaban J connectivity index is -0.0000000831. The Hall–Kier alpha value is -1.84. The first-order valence-electron chi connectivity index (χ1n) is 4.49. The zero-order valence-electron chi connectivity index (χ0n) is 11.7. The second kappa shape index (κ2) is 15.1. The first-order chi connectivity index (χ1) is 8.93. The van der Waals surface area contributed by atoms with Gasteiger partial charge in [0.25, 0.3) is 0 Å². The number of carbonyl (C=O) groups excluding carboxylic acids is 4. The van der Waals surface area contributed by atoms with Gasteiger partial charge in [0, 0.05) is 0 Å². The second-order valence-electron chi connectivity index (χ2n) is 3.06. The van der Waals surface area contributed by atoms with Gasteiger partial charge in [-0.15, -0.1) is 0 Å². The number of hydrogen-bond acceptors (Lipinski definition) is 12. The molecule has 0 aliphatic rings. The summed E-state index contributed by atoms with van der Waals surface area (Å²) in [7, 11) is 0. The van der Waals surface area contributed by atoms with Crippen LogP contribution < -0.4 is 32.7 Å². The van der Waals surface area contributed by atoms with E-state index in [1.165, 1.54) is 0 Å². The third-order valence-corrected chi connectivity index (χ3v) is 1.56. The van der Waals surface area contributed by atoms with Crippen molar-refractivity contribution in [2.45, 2.75) is 24.4 Å². The van der Waals surface area contributed by atoms with Crippen molar-refractivity contribution in [2.24, 2.45) is 0 Å². The van der Waals surface area contributed by atoms with Crippen LogP contribution in [0.25, 0.3) is 0 Å². The fourth-order valence-corrected chi connectivity index (χ4v) is 0.516. The maximum absolute atomic E-state index is 9.63. The van der Waals surface area contributed by atoms with E-state index in [0.717, 1.165) is 0 Å². The van der Waals surface area contributed by atoms with Crippen LogP contribution in [0.4, 0.5) is 0 Å². The molecule has 0 spiro atoms. The normalized spacial score (nSPS) is 13.7. The van der Waals surface area contributed by atoms with Crippen molar-refractivity contribution in [3.63, 3.8) is 0 Å². The average Bonchev–Trinajstić information content (AvgIpc) is 2.35. The van der Waals surface area contributed by atoms with Crippen LogP contribution in [0.1, 0.15) is 0 Å². The van der Waals surface area contributed by atoms with E-state index in [2.05, 4.69) is 0 Å². The summed E-state index contributed by atoms with van der Waals surface area (Å²) in [6.07, 6.45) is -9.76. The summed E-state index contributed by atoms with van der Waals surface area (Å²) in [5.41, 5.74) is 0. The molecular weight excluding hydrogens is 372 g/mol. The molecule has 0 saturated heterocycles. The fraction of sp³-hybridized carbons (Fsp3) is 0.500. The van der Waals surface area contributed by atoms with Crippen LogP contribution >= 0.6 is 0 Å². The molecular formula is C8H16FeN2O12. The van der Waals surface area contributed by atoms with Gasteiger partial charge >= 0.3 is 17.1 Å². The second-order valence-corrected chi connectivity index (χ2v) is 3.06. The van der Waals surface area contributed by atoms with Gasteiger partial charge in [0.05, 0.1) is 23.9 Å². The molecule has 14 nitrogen and oxygen atoms in total. The fourth-order valence-electron chi connectivity index (χ4n) is 0.516. The van der Waals surface area contributed by atoms with Crippen molar-refractivity contribution < 1.29 is 77.1 Å². The van der Waals surface area contributed by atoms with Crippen molar-refractivity contribution in [3.05, 3.63) is 0 Å². The molecule has 0 unspecified atom stereocenters. The van der Waals surface area contributed by atoms with Crippen molar-refractivity contribution in [2.75, 3.05) is 0 Å². The molecule has 0 aliphatic heterocycles. The topological polar surface area (TPSA) is 314 Å².